The number of ether oxygens (including phenoxy) is 1. The van der Waals surface area contributed by atoms with Gasteiger partial charge in [0.15, 0.2) is 0 Å². The first kappa shape index (κ1) is 21.1. The lowest BCUT2D eigenvalue weighted by atomic mass is 10.1. The van der Waals surface area contributed by atoms with E-state index in [-0.39, 0.29) is 5.91 Å². The van der Waals surface area contributed by atoms with Crippen molar-refractivity contribution in [1.29, 1.82) is 0 Å². The predicted octanol–water partition coefficient (Wildman–Crippen LogP) is 2.95. The maximum atomic E-state index is 12.6. The van der Waals surface area contributed by atoms with Gasteiger partial charge in [-0.3, -0.25) is 4.79 Å². The van der Waals surface area contributed by atoms with Gasteiger partial charge in [0.05, 0.1) is 12.5 Å². The number of nitrogens with zero attached hydrogens (tertiary/aromatic N) is 5. The molecular weight excluding hydrogens is 392 g/mol. The van der Waals surface area contributed by atoms with Crippen molar-refractivity contribution < 1.29 is 9.53 Å². The van der Waals surface area contributed by atoms with E-state index in [1.165, 1.54) is 5.56 Å². The van der Waals surface area contributed by atoms with Crippen LogP contribution < -0.4 is 10.1 Å². The molecule has 0 saturated heterocycles. The van der Waals surface area contributed by atoms with E-state index in [4.69, 9.17) is 4.74 Å². The number of amides is 1. The van der Waals surface area contributed by atoms with Crippen molar-refractivity contribution in [1.82, 2.24) is 24.3 Å². The van der Waals surface area contributed by atoms with Crippen LogP contribution in [0.5, 0.6) is 5.75 Å². The summed E-state index contributed by atoms with van der Waals surface area (Å²) in [4.78, 5) is 25.6. The molecule has 3 aromatic rings. The summed E-state index contributed by atoms with van der Waals surface area (Å²) in [6.45, 7) is 2.10. The summed E-state index contributed by atoms with van der Waals surface area (Å²) in [5.74, 6) is 1.79. The fourth-order valence-electron chi connectivity index (χ4n) is 4.18. The smallest absolute Gasteiger partial charge is 0.223 e. The monoisotopic (exact) mass is 422 g/mol. The fraction of sp³-hybridized carbons (Fsp3) is 0.435. The van der Waals surface area contributed by atoms with Crippen LogP contribution in [0.4, 0.5) is 11.5 Å². The molecule has 2 bridgehead atoms. The first-order valence-corrected chi connectivity index (χ1v) is 10.6. The number of carbonyl (C=O) groups excluding carboxylic acids is 1. The number of rotatable bonds is 1. The molecule has 0 atom stereocenters. The number of anilines is 2. The van der Waals surface area contributed by atoms with Crippen LogP contribution in [-0.4, -0.2) is 64.5 Å². The van der Waals surface area contributed by atoms with Gasteiger partial charge < -0.3 is 24.4 Å². The summed E-state index contributed by atoms with van der Waals surface area (Å²) in [7, 11) is 7.60. The molecule has 0 unspecified atom stereocenters. The van der Waals surface area contributed by atoms with Crippen molar-refractivity contribution in [2.24, 2.45) is 7.05 Å². The minimum absolute atomic E-state index is 0.170. The van der Waals surface area contributed by atoms with Gasteiger partial charge in [0, 0.05) is 57.6 Å². The molecule has 0 spiro atoms. The average molecular weight is 423 g/mol. The molecule has 164 valence electrons. The third-order valence-electron chi connectivity index (χ3n) is 5.89. The molecule has 8 nitrogen and oxygen atoms in total. The summed E-state index contributed by atoms with van der Waals surface area (Å²) < 4.78 is 7.61. The molecule has 1 N–H and O–H groups in total. The Balaban J connectivity index is 1.77. The van der Waals surface area contributed by atoms with Gasteiger partial charge in [-0.15, -0.1) is 0 Å². The number of benzene rings is 1. The number of methoxy groups -OCH3 is 1. The minimum Gasteiger partial charge on any atom is -0.496 e. The van der Waals surface area contributed by atoms with Gasteiger partial charge >= 0.3 is 0 Å². The van der Waals surface area contributed by atoms with Crippen LogP contribution in [-0.2, 0) is 24.8 Å². The Morgan fingerprint density at radius 1 is 1.06 bits per heavy atom. The quantitative estimate of drug-likeness (QED) is 0.650. The summed E-state index contributed by atoms with van der Waals surface area (Å²) in [6, 6.07) is 6.06. The van der Waals surface area contributed by atoms with Gasteiger partial charge in [0.25, 0.3) is 0 Å². The second-order valence-corrected chi connectivity index (χ2v) is 8.24. The maximum Gasteiger partial charge on any atom is 0.223 e. The van der Waals surface area contributed by atoms with Gasteiger partial charge in [-0.2, -0.15) is 0 Å². The highest BCUT2D eigenvalue weighted by Gasteiger charge is 2.17. The average Bonchev–Trinajstić information content (AvgIpc) is 3.08. The first-order valence-electron chi connectivity index (χ1n) is 10.6. The summed E-state index contributed by atoms with van der Waals surface area (Å²) >= 11 is 0. The van der Waals surface area contributed by atoms with Crippen LogP contribution in [0.15, 0.2) is 30.7 Å². The van der Waals surface area contributed by atoms with E-state index in [2.05, 4.69) is 32.4 Å². The maximum absolute atomic E-state index is 12.6. The summed E-state index contributed by atoms with van der Waals surface area (Å²) in [5, 5.41) is 4.53. The van der Waals surface area contributed by atoms with E-state index in [0.29, 0.717) is 19.5 Å². The Kier molecular flexibility index (Phi) is 6.08. The fourth-order valence-corrected chi connectivity index (χ4v) is 4.18. The number of fused-ring (bicyclic) bond motifs is 2. The second kappa shape index (κ2) is 8.93. The first-order chi connectivity index (χ1) is 15.0. The van der Waals surface area contributed by atoms with Crippen LogP contribution in [0.3, 0.4) is 0 Å². The molecule has 31 heavy (non-hydrogen) atoms. The molecule has 1 amide bonds. The van der Waals surface area contributed by atoms with Crippen LogP contribution in [0.1, 0.15) is 24.0 Å². The van der Waals surface area contributed by atoms with Crippen molar-refractivity contribution in [3.8, 4) is 5.75 Å². The molecule has 0 aliphatic carbocycles. The topological polar surface area (TPSA) is 75.5 Å². The zero-order chi connectivity index (χ0) is 22.0. The van der Waals surface area contributed by atoms with Crippen molar-refractivity contribution in [3.05, 3.63) is 41.9 Å². The van der Waals surface area contributed by atoms with E-state index >= 15 is 0 Å². The normalized spacial score (nSPS) is 16.4. The van der Waals surface area contributed by atoms with E-state index < -0.39 is 0 Å². The Labute approximate surface area is 182 Å². The zero-order valence-electron chi connectivity index (χ0n) is 18.7. The molecule has 0 radical (unpaired) electrons. The lowest BCUT2D eigenvalue weighted by Gasteiger charge is -2.22. The molecule has 2 aromatic heterocycles. The van der Waals surface area contributed by atoms with Crippen molar-refractivity contribution in [2.45, 2.75) is 25.8 Å². The number of aryl methyl sites for hydroxylation is 2. The van der Waals surface area contributed by atoms with Crippen LogP contribution in [0.25, 0.3) is 11.0 Å². The largest absolute Gasteiger partial charge is 0.496 e. The Morgan fingerprint density at radius 2 is 1.90 bits per heavy atom. The zero-order valence-corrected chi connectivity index (χ0v) is 18.7. The Hall–Kier alpha value is -3.13. The van der Waals surface area contributed by atoms with Gasteiger partial charge in [0.1, 0.15) is 23.5 Å². The molecule has 1 aliphatic heterocycles. The van der Waals surface area contributed by atoms with E-state index in [0.717, 1.165) is 53.2 Å². The molecule has 4 rings (SSSR count). The van der Waals surface area contributed by atoms with Gasteiger partial charge in [-0.1, -0.05) is 0 Å². The van der Waals surface area contributed by atoms with Gasteiger partial charge in [-0.05, 0) is 43.7 Å². The van der Waals surface area contributed by atoms with Crippen LogP contribution in [0, 0.1) is 0 Å². The SMILES string of the molecule is COc1ccc2cc1CN(C)CCC(=O)N(C)CCCc1cn(C)c3ncnc(c13)N2. The van der Waals surface area contributed by atoms with Crippen LogP contribution in [0.2, 0.25) is 0 Å². The minimum atomic E-state index is 0.170. The highest BCUT2D eigenvalue weighted by atomic mass is 16.5. The molecule has 3 heterocycles. The molecule has 8 heteroatoms. The summed E-state index contributed by atoms with van der Waals surface area (Å²) in [6.07, 6.45) is 5.95. The third kappa shape index (κ3) is 4.49. The van der Waals surface area contributed by atoms with Gasteiger partial charge in [-0.25, -0.2) is 9.97 Å². The molecular formula is C23H30N6O2. The molecule has 0 fully saturated rings. The molecule has 0 saturated carbocycles. The van der Waals surface area contributed by atoms with Crippen molar-refractivity contribution in [2.75, 3.05) is 39.6 Å². The van der Waals surface area contributed by atoms with Gasteiger partial charge in [0.2, 0.25) is 5.91 Å². The number of nitrogens with one attached hydrogen (secondary N) is 1. The van der Waals surface area contributed by atoms with Crippen molar-refractivity contribution in [3.63, 3.8) is 0 Å². The summed E-state index contributed by atoms with van der Waals surface area (Å²) in [5.41, 5.74) is 4.08. The lowest BCUT2D eigenvalue weighted by Crippen LogP contribution is -2.31. The highest BCUT2D eigenvalue weighted by Crippen LogP contribution is 2.31. The Bertz CT molecular complexity index is 1090. The van der Waals surface area contributed by atoms with E-state index in [9.17, 15) is 4.79 Å². The number of aromatic nitrogens is 3. The second-order valence-electron chi connectivity index (χ2n) is 8.24. The molecule has 1 aliphatic rings. The van der Waals surface area contributed by atoms with Crippen LogP contribution >= 0.6 is 0 Å². The standard InChI is InChI=1S/C23H30N6O2/c1-27-11-9-20(30)28(2)10-5-6-16-14-29(3)23-21(16)22(24-15-25-23)26-18-7-8-19(31-4)17(12-18)13-27/h7-8,12,14-15H,5-6,9-11,13H2,1-4H3,(H,24,25,26). The number of hydrogen-bond acceptors (Lipinski definition) is 6. The predicted molar refractivity (Wildman–Crippen MR) is 122 cm³/mol. The lowest BCUT2D eigenvalue weighted by molar-refractivity contribution is -0.130. The van der Waals surface area contributed by atoms with E-state index in [1.807, 2.05) is 42.7 Å². The molecule has 1 aromatic carbocycles. The number of carbonyl (C=O) groups is 1. The van der Waals surface area contributed by atoms with E-state index in [1.54, 1.807) is 13.4 Å². The van der Waals surface area contributed by atoms with Crippen molar-refractivity contribution >= 4 is 28.4 Å². The third-order valence-corrected chi connectivity index (χ3v) is 5.89. The highest BCUT2D eigenvalue weighted by molar-refractivity contribution is 5.92. The Morgan fingerprint density at radius 3 is 2.71 bits per heavy atom. The number of hydrogen-bond donors (Lipinski definition) is 1.